The van der Waals surface area contributed by atoms with Gasteiger partial charge in [-0.2, -0.15) is 9.78 Å². The van der Waals surface area contributed by atoms with E-state index in [1.807, 2.05) is 72.8 Å². The summed E-state index contributed by atoms with van der Waals surface area (Å²) in [5, 5.41) is 8.24. The highest BCUT2D eigenvalue weighted by molar-refractivity contribution is 9.10. The Morgan fingerprint density at radius 1 is 0.884 bits per heavy atom. The van der Waals surface area contributed by atoms with Crippen molar-refractivity contribution in [3.05, 3.63) is 135 Å². The Morgan fingerprint density at radius 3 is 2.47 bits per heavy atom. The van der Waals surface area contributed by atoms with Gasteiger partial charge in [-0.25, -0.2) is 4.98 Å². The zero-order valence-corrected chi connectivity index (χ0v) is 24.6. The molecule has 210 valence electrons. The van der Waals surface area contributed by atoms with E-state index in [9.17, 15) is 4.79 Å². The molecule has 2 aromatic heterocycles. The standard InChI is InChI=1S/C35H24BrN3O4/c1-41-31-19-26(36)17-25(33(31)42-21-24-12-8-11-22-9-2-4-13-27(22)24)20-37-39-34(32-18-23-10-3-7-16-30(23)43-32)38-29-15-6-5-14-28(29)35(39)40/h2-20H,21H2,1H3. The van der Waals surface area contributed by atoms with E-state index in [1.165, 1.54) is 4.68 Å². The predicted molar refractivity (Wildman–Crippen MR) is 173 cm³/mol. The summed E-state index contributed by atoms with van der Waals surface area (Å²) in [6.45, 7) is 0.307. The number of fused-ring (bicyclic) bond motifs is 3. The Morgan fingerprint density at radius 2 is 1.63 bits per heavy atom. The van der Waals surface area contributed by atoms with Crippen molar-refractivity contribution >= 4 is 54.8 Å². The number of para-hydroxylation sites is 2. The number of hydrogen-bond donors (Lipinski definition) is 0. The topological polar surface area (TPSA) is 78.9 Å². The maximum absolute atomic E-state index is 13.8. The first-order valence-corrected chi connectivity index (χ1v) is 14.4. The lowest BCUT2D eigenvalue weighted by atomic mass is 10.1. The summed E-state index contributed by atoms with van der Waals surface area (Å²) in [7, 11) is 1.59. The summed E-state index contributed by atoms with van der Waals surface area (Å²) in [6, 6.07) is 34.7. The van der Waals surface area contributed by atoms with E-state index in [0.717, 1.165) is 26.2 Å². The van der Waals surface area contributed by atoms with Gasteiger partial charge >= 0.3 is 0 Å². The Hall–Kier alpha value is -5.21. The number of benzene rings is 5. The highest BCUT2D eigenvalue weighted by Gasteiger charge is 2.18. The lowest BCUT2D eigenvalue weighted by Crippen LogP contribution is -2.20. The molecular weight excluding hydrogens is 606 g/mol. The first kappa shape index (κ1) is 26.7. The minimum atomic E-state index is -0.322. The maximum Gasteiger partial charge on any atom is 0.282 e. The number of furan rings is 1. The van der Waals surface area contributed by atoms with E-state index >= 15 is 0 Å². The number of rotatable bonds is 7. The lowest BCUT2D eigenvalue weighted by molar-refractivity contribution is 0.285. The van der Waals surface area contributed by atoms with Crippen LogP contribution in [0.15, 0.2) is 128 Å². The molecule has 43 heavy (non-hydrogen) atoms. The summed E-state index contributed by atoms with van der Waals surface area (Å²) in [5.74, 6) is 1.74. The minimum Gasteiger partial charge on any atom is -0.493 e. The Labute approximate surface area is 254 Å². The van der Waals surface area contributed by atoms with Crippen LogP contribution in [0.25, 0.3) is 44.2 Å². The monoisotopic (exact) mass is 629 g/mol. The first-order valence-electron chi connectivity index (χ1n) is 13.6. The largest absolute Gasteiger partial charge is 0.493 e. The molecule has 7 rings (SSSR count). The van der Waals surface area contributed by atoms with Crippen molar-refractivity contribution in [1.82, 2.24) is 9.66 Å². The number of nitrogens with zero attached hydrogens (tertiary/aromatic N) is 3. The highest BCUT2D eigenvalue weighted by atomic mass is 79.9. The average Bonchev–Trinajstić information content (AvgIpc) is 3.48. The van der Waals surface area contributed by atoms with Crippen molar-refractivity contribution < 1.29 is 13.9 Å². The summed E-state index contributed by atoms with van der Waals surface area (Å²) in [5.41, 5.74) is 2.57. The van der Waals surface area contributed by atoms with Crippen molar-refractivity contribution in [3.63, 3.8) is 0 Å². The Kier molecular flexibility index (Phi) is 6.96. The number of aromatic nitrogens is 2. The zero-order chi connectivity index (χ0) is 29.3. The number of ether oxygens (including phenoxy) is 2. The molecular formula is C35H24BrN3O4. The predicted octanol–water partition coefficient (Wildman–Crippen LogP) is 8.20. The van der Waals surface area contributed by atoms with Crippen LogP contribution in [0.1, 0.15) is 11.1 Å². The number of halogens is 1. The summed E-state index contributed by atoms with van der Waals surface area (Å²) in [6.07, 6.45) is 1.58. The second-order valence-electron chi connectivity index (χ2n) is 9.92. The van der Waals surface area contributed by atoms with Gasteiger partial charge in [0.2, 0.25) is 5.82 Å². The molecule has 7 nitrogen and oxygen atoms in total. The SMILES string of the molecule is COc1cc(Br)cc(C=Nn2c(-c3cc4ccccc4o3)nc3ccccc3c2=O)c1OCc1cccc2ccccc12. The van der Waals surface area contributed by atoms with Crippen LogP contribution in [0, 0.1) is 0 Å². The molecule has 0 fully saturated rings. The molecule has 0 aliphatic heterocycles. The fourth-order valence-corrected chi connectivity index (χ4v) is 5.62. The summed E-state index contributed by atoms with van der Waals surface area (Å²) < 4.78 is 20.2. The molecule has 0 aliphatic rings. The molecule has 0 spiro atoms. The van der Waals surface area contributed by atoms with Gasteiger partial charge in [-0.1, -0.05) is 88.7 Å². The lowest BCUT2D eigenvalue weighted by Gasteiger charge is -2.15. The van der Waals surface area contributed by atoms with Gasteiger partial charge in [-0.3, -0.25) is 4.79 Å². The van der Waals surface area contributed by atoms with Crippen molar-refractivity contribution in [1.29, 1.82) is 0 Å². The number of hydrogen-bond acceptors (Lipinski definition) is 6. The van der Waals surface area contributed by atoms with E-state index in [1.54, 1.807) is 31.5 Å². The normalized spacial score (nSPS) is 11.6. The van der Waals surface area contributed by atoms with Gasteiger partial charge in [-0.05, 0) is 52.7 Å². The van der Waals surface area contributed by atoms with E-state index in [-0.39, 0.29) is 11.4 Å². The van der Waals surface area contributed by atoms with Crippen LogP contribution < -0.4 is 15.0 Å². The van der Waals surface area contributed by atoms with Crippen LogP contribution in [0.5, 0.6) is 11.5 Å². The quantitative estimate of drug-likeness (QED) is 0.166. The smallest absolute Gasteiger partial charge is 0.282 e. The molecule has 5 aromatic carbocycles. The molecule has 0 N–H and O–H groups in total. The molecule has 7 aromatic rings. The van der Waals surface area contributed by atoms with Crippen LogP contribution >= 0.6 is 15.9 Å². The van der Waals surface area contributed by atoms with E-state index in [0.29, 0.717) is 45.9 Å². The molecule has 0 amide bonds. The van der Waals surface area contributed by atoms with Crippen LogP contribution in [-0.2, 0) is 6.61 Å². The summed E-state index contributed by atoms with van der Waals surface area (Å²) >= 11 is 3.57. The minimum absolute atomic E-state index is 0.288. The Bertz CT molecular complexity index is 2200. The molecule has 0 atom stereocenters. The first-order chi connectivity index (χ1) is 21.1. The third-order valence-electron chi connectivity index (χ3n) is 7.23. The van der Waals surface area contributed by atoms with Crippen molar-refractivity contribution in [2.45, 2.75) is 6.61 Å². The molecule has 2 heterocycles. The van der Waals surface area contributed by atoms with Crippen LogP contribution in [0.2, 0.25) is 0 Å². The molecule has 0 aliphatic carbocycles. The third-order valence-corrected chi connectivity index (χ3v) is 7.69. The molecule has 0 unspecified atom stereocenters. The molecule has 0 bridgehead atoms. The maximum atomic E-state index is 13.8. The van der Waals surface area contributed by atoms with Gasteiger partial charge < -0.3 is 13.9 Å². The third kappa shape index (κ3) is 5.06. The van der Waals surface area contributed by atoms with Crippen LogP contribution in [0.3, 0.4) is 0 Å². The number of methoxy groups -OCH3 is 1. The van der Waals surface area contributed by atoms with Gasteiger partial charge in [0.25, 0.3) is 5.56 Å². The fraction of sp³-hybridized carbons (Fsp3) is 0.0571. The van der Waals surface area contributed by atoms with Gasteiger partial charge in [0.05, 0.1) is 24.2 Å². The fourth-order valence-electron chi connectivity index (χ4n) is 5.16. The van der Waals surface area contributed by atoms with E-state index < -0.39 is 0 Å². The van der Waals surface area contributed by atoms with E-state index in [4.69, 9.17) is 18.9 Å². The highest BCUT2D eigenvalue weighted by Crippen LogP contribution is 2.35. The second kappa shape index (κ2) is 11.2. The van der Waals surface area contributed by atoms with Gasteiger partial charge in [0, 0.05) is 15.4 Å². The van der Waals surface area contributed by atoms with Crippen LogP contribution in [0.4, 0.5) is 0 Å². The summed E-state index contributed by atoms with van der Waals surface area (Å²) in [4.78, 5) is 18.6. The Balaban J connectivity index is 1.34. The average molecular weight is 630 g/mol. The second-order valence-corrected chi connectivity index (χ2v) is 10.8. The van der Waals surface area contributed by atoms with Gasteiger partial charge in [0.15, 0.2) is 17.3 Å². The van der Waals surface area contributed by atoms with Gasteiger partial charge in [0.1, 0.15) is 12.2 Å². The van der Waals surface area contributed by atoms with Crippen LogP contribution in [-0.4, -0.2) is 23.0 Å². The van der Waals surface area contributed by atoms with E-state index in [2.05, 4.69) is 39.2 Å². The van der Waals surface area contributed by atoms with Crippen molar-refractivity contribution in [2.24, 2.45) is 5.10 Å². The van der Waals surface area contributed by atoms with Gasteiger partial charge in [-0.15, -0.1) is 0 Å². The molecule has 8 heteroatoms. The van der Waals surface area contributed by atoms with Crippen molar-refractivity contribution in [2.75, 3.05) is 7.11 Å². The molecule has 0 saturated carbocycles. The zero-order valence-electron chi connectivity index (χ0n) is 23.0. The molecule has 0 radical (unpaired) electrons. The van der Waals surface area contributed by atoms with Crippen molar-refractivity contribution in [3.8, 4) is 23.1 Å². The molecule has 0 saturated heterocycles.